The molecule has 2 nitrogen and oxygen atoms in total. The van der Waals surface area contributed by atoms with Crippen LogP contribution in [0.15, 0.2) is 265 Å². The van der Waals surface area contributed by atoms with Crippen molar-refractivity contribution >= 4 is 49.8 Å². The largest absolute Gasteiger partial charge is 0.456 e. The van der Waals surface area contributed by atoms with Crippen LogP contribution in [0.25, 0.3) is 99.5 Å². The smallest absolute Gasteiger partial charge is 0.136 e. The van der Waals surface area contributed by atoms with E-state index in [-0.39, 0.29) is 0 Å². The van der Waals surface area contributed by atoms with Crippen molar-refractivity contribution in [1.29, 1.82) is 0 Å². The van der Waals surface area contributed by atoms with Gasteiger partial charge in [0.25, 0.3) is 0 Å². The zero-order valence-corrected chi connectivity index (χ0v) is 36.2. The lowest BCUT2D eigenvalue weighted by atomic mass is 9.91. The maximum Gasteiger partial charge on any atom is 0.136 e. The van der Waals surface area contributed by atoms with Crippen LogP contribution < -0.4 is 4.90 Å². The number of para-hydroxylation sites is 1. The summed E-state index contributed by atoms with van der Waals surface area (Å²) in [4.78, 5) is 2.42. The van der Waals surface area contributed by atoms with E-state index in [2.05, 4.69) is 254 Å². The van der Waals surface area contributed by atoms with Crippen molar-refractivity contribution < 1.29 is 4.42 Å². The summed E-state index contributed by atoms with van der Waals surface area (Å²) in [6.45, 7) is 0. The van der Waals surface area contributed by atoms with Gasteiger partial charge in [0.15, 0.2) is 0 Å². The molecule has 11 aromatic carbocycles. The van der Waals surface area contributed by atoms with Crippen molar-refractivity contribution in [3.05, 3.63) is 261 Å². The lowest BCUT2D eigenvalue weighted by molar-refractivity contribution is 0.669. The fourth-order valence-corrected chi connectivity index (χ4v) is 9.71. The van der Waals surface area contributed by atoms with Gasteiger partial charge in [-0.1, -0.05) is 212 Å². The molecule has 0 spiro atoms. The predicted molar refractivity (Wildman–Crippen MR) is 279 cm³/mol. The molecule has 0 fully saturated rings. The highest BCUT2D eigenvalue weighted by molar-refractivity contribution is 6.12. The fraction of sp³-hybridized carbons (Fsp3) is 0. The third kappa shape index (κ3) is 7.12. The van der Waals surface area contributed by atoms with E-state index in [1.807, 2.05) is 12.1 Å². The minimum Gasteiger partial charge on any atom is -0.456 e. The molecule has 12 aromatic rings. The minimum atomic E-state index is 0.892. The van der Waals surface area contributed by atoms with Gasteiger partial charge in [-0.3, -0.25) is 0 Å². The zero-order valence-electron chi connectivity index (χ0n) is 36.2. The summed E-state index contributed by atoms with van der Waals surface area (Å²) < 4.78 is 6.31. The van der Waals surface area contributed by atoms with Crippen LogP contribution in [-0.4, -0.2) is 0 Å². The molecule has 0 amide bonds. The molecule has 1 aromatic heterocycles. The van der Waals surface area contributed by atoms with Crippen molar-refractivity contribution in [2.45, 2.75) is 0 Å². The monoisotopic (exact) mass is 841 g/mol. The SMILES string of the molecule is c1ccc(-c2ccc(-c3ccc(N(c4ccc(-c5cccc6oc7ccccc7c56)cc4)c4cc(-c5cccc6ccccc56)ccc4-c4ccccc4)cc3)cc2-c2ccccc2)cc1. The van der Waals surface area contributed by atoms with E-state index in [0.29, 0.717) is 0 Å². The molecule has 0 unspecified atom stereocenters. The molecule has 0 atom stereocenters. The first kappa shape index (κ1) is 38.9. The molecular weight excluding hydrogens is 799 g/mol. The van der Waals surface area contributed by atoms with Crippen molar-refractivity contribution in [3.63, 3.8) is 0 Å². The number of anilines is 3. The van der Waals surface area contributed by atoms with Crippen LogP contribution in [0.1, 0.15) is 0 Å². The maximum absolute atomic E-state index is 6.31. The van der Waals surface area contributed by atoms with E-state index in [1.165, 1.54) is 44.2 Å². The van der Waals surface area contributed by atoms with Crippen LogP contribution in [0, 0.1) is 0 Å². The molecule has 0 saturated heterocycles. The number of furan rings is 1. The Morgan fingerprint density at radius 3 is 1.45 bits per heavy atom. The molecule has 0 N–H and O–H groups in total. The Morgan fingerprint density at radius 1 is 0.258 bits per heavy atom. The van der Waals surface area contributed by atoms with Gasteiger partial charge in [0.2, 0.25) is 0 Å². The maximum atomic E-state index is 6.31. The molecule has 66 heavy (non-hydrogen) atoms. The van der Waals surface area contributed by atoms with E-state index in [0.717, 1.165) is 72.4 Å². The number of nitrogens with zero attached hydrogens (tertiary/aromatic N) is 1. The van der Waals surface area contributed by atoms with Gasteiger partial charge in [0, 0.05) is 27.7 Å². The average molecular weight is 842 g/mol. The molecule has 310 valence electrons. The van der Waals surface area contributed by atoms with Crippen molar-refractivity contribution in [3.8, 4) is 66.8 Å². The van der Waals surface area contributed by atoms with Gasteiger partial charge < -0.3 is 9.32 Å². The van der Waals surface area contributed by atoms with Gasteiger partial charge >= 0.3 is 0 Å². The zero-order chi connectivity index (χ0) is 43.8. The van der Waals surface area contributed by atoms with E-state index in [9.17, 15) is 0 Å². The van der Waals surface area contributed by atoms with Crippen LogP contribution in [0.4, 0.5) is 17.1 Å². The third-order valence-corrected chi connectivity index (χ3v) is 12.9. The summed E-state index contributed by atoms with van der Waals surface area (Å²) in [5.74, 6) is 0. The first-order valence-corrected chi connectivity index (χ1v) is 22.6. The number of hydrogen-bond donors (Lipinski definition) is 0. The van der Waals surface area contributed by atoms with Crippen LogP contribution in [-0.2, 0) is 0 Å². The van der Waals surface area contributed by atoms with Crippen molar-refractivity contribution in [2.75, 3.05) is 4.90 Å². The highest BCUT2D eigenvalue weighted by Crippen LogP contribution is 2.46. The first-order valence-electron chi connectivity index (χ1n) is 22.6. The highest BCUT2D eigenvalue weighted by atomic mass is 16.3. The van der Waals surface area contributed by atoms with E-state index in [4.69, 9.17) is 4.42 Å². The van der Waals surface area contributed by atoms with E-state index in [1.54, 1.807) is 0 Å². The van der Waals surface area contributed by atoms with Gasteiger partial charge in [-0.2, -0.15) is 0 Å². The van der Waals surface area contributed by atoms with Crippen molar-refractivity contribution in [1.82, 2.24) is 0 Å². The number of benzene rings is 11. The lowest BCUT2D eigenvalue weighted by Crippen LogP contribution is -2.11. The van der Waals surface area contributed by atoms with Crippen LogP contribution >= 0.6 is 0 Å². The van der Waals surface area contributed by atoms with Gasteiger partial charge in [-0.15, -0.1) is 0 Å². The predicted octanol–water partition coefficient (Wildman–Crippen LogP) is 18.2. The number of hydrogen-bond acceptors (Lipinski definition) is 2. The Hall–Kier alpha value is -8.72. The van der Waals surface area contributed by atoms with Gasteiger partial charge in [-0.05, 0) is 121 Å². The fourth-order valence-electron chi connectivity index (χ4n) is 9.71. The van der Waals surface area contributed by atoms with Crippen LogP contribution in [0.3, 0.4) is 0 Å². The molecule has 12 rings (SSSR count). The van der Waals surface area contributed by atoms with E-state index >= 15 is 0 Å². The molecule has 0 bridgehead atoms. The number of rotatable bonds is 9. The molecule has 0 radical (unpaired) electrons. The Morgan fingerprint density at radius 2 is 0.742 bits per heavy atom. The molecule has 2 heteroatoms. The molecule has 0 saturated carbocycles. The Kier molecular flexibility index (Phi) is 9.89. The molecule has 0 aliphatic carbocycles. The second kappa shape index (κ2) is 16.8. The lowest BCUT2D eigenvalue weighted by Gasteiger charge is -2.29. The summed E-state index contributed by atoms with van der Waals surface area (Å²) in [5, 5.41) is 4.71. The summed E-state index contributed by atoms with van der Waals surface area (Å²) in [6, 6.07) is 94.0. The first-order chi connectivity index (χ1) is 32.7. The highest BCUT2D eigenvalue weighted by Gasteiger charge is 2.21. The second-order valence-electron chi connectivity index (χ2n) is 16.8. The second-order valence-corrected chi connectivity index (χ2v) is 16.8. The quantitative estimate of drug-likeness (QED) is 0.144. The molecule has 1 heterocycles. The van der Waals surface area contributed by atoms with E-state index < -0.39 is 0 Å². The van der Waals surface area contributed by atoms with Crippen LogP contribution in [0.2, 0.25) is 0 Å². The molecule has 0 aliphatic rings. The molecule has 0 aliphatic heterocycles. The van der Waals surface area contributed by atoms with Crippen LogP contribution in [0.5, 0.6) is 0 Å². The summed E-state index contributed by atoms with van der Waals surface area (Å²) in [6.07, 6.45) is 0. The summed E-state index contributed by atoms with van der Waals surface area (Å²) >= 11 is 0. The number of fused-ring (bicyclic) bond motifs is 4. The Labute approximate surface area is 384 Å². The van der Waals surface area contributed by atoms with Gasteiger partial charge in [0.1, 0.15) is 11.2 Å². The summed E-state index contributed by atoms with van der Waals surface area (Å²) in [5.41, 5.74) is 19.1. The Balaban J connectivity index is 1.02. The Bertz CT molecular complexity index is 3660. The summed E-state index contributed by atoms with van der Waals surface area (Å²) in [7, 11) is 0. The minimum absolute atomic E-state index is 0.892. The molecular formula is C64H43NO. The average Bonchev–Trinajstić information content (AvgIpc) is 3.79. The van der Waals surface area contributed by atoms with Gasteiger partial charge in [-0.25, -0.2) is 0 Å². The standard InChI is InChI=1S/C64H43NO/c1-4-16-45(17-5-1)56-40-34-50(42-60(56)48-20-8-3-9-21-48)44-30-36-52(37-31-44)65(53-38-32-49(33-39-53)58-27-15-29-63-64(58)59-25-12-13-28-62(59)66-63)61-43-51(35-41-57(61)47-18-6-2-7-19-47)55-26-14-23-46-22-10-11-24-54(46)55/h1-43H. The normalized spacial score (nSPS) is 11.3. The van der Waals surface area contributed by atoms with Gasteiger partial charge in [0.05, 0.1) is 5.69 Å². The van der Waals surface area contributed by atoms with Crippen molar-refractivity contribution in [2.24, 2.45) is 0 Å². The topological polar surface area (TPSA) is 16.4 Å². The third-order valence-electron chi connectivity index (χ3n) is 12.9.